The van der Waals surface area contributed by atoms with Gasteiger partial charge in [-0.25, -0.2) is 4.39 Å². The minimum atomic E-state index is -0.248. The van der Waals surface area contributed by atoms with Gasteiger partial charge in [-0.05, 0) is 71.2 Å². The van der Waals surface area contributed by atoms with Crippen molar-refractivity contribution in [2.45, 2.75) is 65.2 Å². The summed E-state index contributed by atoms with van der Waals surface area (Å²) in [6.07, 6.45) is 9.85. The predicted molar refractivity (Wildman–Crippen MR) is 148 cm³/mol. The molecule has 0 spiro atoms. The largest absolute Gasteiger partial charge is 0.205 e. The Balaban J connectivity index is 1.47. The second-order valence-electron chi connectivity index (χ2n) is 9.42. The lowest BCUT2D eigenvalue weighted by Crippen LogP contribution is -1.89. The van der Waals surface area contributed by atoms with Crippen LogP contribution in [0.3, 0.4) is 0 Å². The number of aryl methyl sites for hydroxylation is 2. The van der Waals surface area contributed by atoms with Crippen LogP contribution in [0.5, 0.6) is 0 Å². The lowest BCUT2D eigenvalue weighted by atomic mass is 9.97. The van der Waals surface area contributed by atoms with E-state index in [9.17, 15) is 0 Å². The van der Waals surface area contributed by atoms with Gasteiger partial charge in [0.25, 0.3) is 0 Å². The van der Waals surface area contributed by atoms with E-state index in [4.69, 9.17) is 0 Å². The van der Waals surface area contributed by atoms with Crippen LogP contribution < -0.4 is 0 Å². The number of unbranched alkanes of at least 4 members (excludes halogenated alkanes) is 4. The van der Waals surface area contributed by atoms with Gasteiger partial charge in [-0.1, -0.05) is 112 Å². The summed E-state index contributed by atoms with van der Waals surface area (Å²) in [5.74, 6) is 5.89. The minimum absolute atomic E-state index is 0.248. The first kappa shape index (κ1) is 24.7. The third-order valence-electron chi connectivity index (χ3n) is 6.64. The van der Waals surface area contributed by atoms with Gasteiger partial charge in [0, 0.05) is 10.9 Å². The molecule has 4 aromatic rings. The molecule has 0 saturated heterocycles. The van der Waals surface area contributed by atoms with Crippen LogP contribution in [0.15, 0.2) is 78.9 Å². The molecule has 0 aliphatic rings. The zero-order chi connectivity index (χ0) is 24.5. The normalized spacial score (nSPS) is 10.8. The summed E-state index contributed by atoms with van der Waals surface area (Å²) >= 11 is 0. The van der Waals surface area contributed by atoms with Gasteiger partial charge in [0.1, 0.15) is 5.82 Å². The zero-order valence-electron chi connectivity index (χ0n) is 21.0. The fraction of sp³-hybridized carbons (Fsp3) is 0.294. The summed E-state index contributed by atoms with van der Waals surface area (Å²) in [6.45, 7) is 4.42. The molecule has 0 heterocycles. The van der Waals surface area contributed by atoms with Crippen molar-refractivity contribution in [1.29, 1.82) is 0 Å². The van der Waals surface area contributed by atoms with Crippen molar-refractivity contribution in [1.82, 2.24) is 0 Å². The highest BCUT2D eigenvalue weighted by Crippen LogP contribution is 2.28. The number of hydrogen-bond acceptors (Lipinski definition) is 0. The molecule has 1 heteroatoms. The van der Waals surface area contributed by atoms with Crippen molar-refractivity contribution < 1.29 is 4.39 Å². The van der Waals surface area contributed by atoms with E-state index in [1.54, 1.807) is 6.07 Å². The molecule has 4 aromatic carbocycles. The van der Waals surface area contributed by atoms with Gasteiger partial charge < -0.3 is 0 Å². The average molecular weight is 463 g/mol. The zero-order valence-corrected chi connectivity index (χ0v) is 21.0. The summed E-state index contributed by atoms with van der Waals surface area (Å²) in [4.78, 5) is 0. The lowest BCUT2D eigenvalue weighted by Gasteiger charge is -2.08. The number of rotatable bonds is 9. The van der Waals surface area contributed by atoms with Crippen molar-refractivity contribution in [3.05, 3.63) is 107 Å². The van der Waals surface area contributed by atoms with Gasteiger partial charge in [0.05, 0.1) is 5.56 Å². The van der Waals surface area contributed by atoms with E-state index in [-0.39, 0.29) is 5.82 Å². The van der Waals surface area contributed by atoms with Crippen LogP contribution in [-0.4, -0.2) is 0 Å². The Kier molecular flexibility index (Phi) is 8.74. The topological polar surface area (TPSA) is 0 Å². The fourth-order valence-electron chi connectivity index (χ4n) is 4.55. The molecule has 0 saturated carbocycles. The van der Waals surface area contributed by atoms with Crippen LogP contribution in [0, 0.1) is 17.7 Å². The van der Waals surface area contributed by atoms with E-state index < -0.39 is 0 Å². The molecule has 0 aliphatic heterocycles. The summed E-state index contributed by atoms with van der Waals surface area (Å²) in [6, 6.07) is 26.8. The second kappa shape index (κ2) is 12.4. The Hall–Kier alpha value is -3.37. The number of benzene rings is 4. The van der Waals surface area contributed by atoms with Gasteiger partial charge in [0.15, 0.2) is 0 Å². The Morgan fingerprint density at radius 3 is 2.03 bits per heavy atom. The molecule has 4 rings (SSSR count). The van der Waals surface area contributed by atoms with E-state index in [1.807, 2.05) is 30.3 Å². The second-order valence-corrected chi connectivity index (χ2v) is 9.42. The average Bonchev–Trinajstić information content (AvgIpc) is 2.89. The molecule has 0 fully saturated rings. The molecule has 0 unspecified atom stereocenters. The van der Waals surface area contributed by atoms with E-state index >= 15 is 4.39 Å². The molecular formula is C34H35F. The van der Waals surface area contributed by atoms with Gasteiger partial charge >= 0.3 is 0 Å². The smallest absolute Gasteiger partial charge is 0.146 e. The van der Waals surface area contributed by atoms with Gasteiger partial charge in [0.2, 0.25) is 0 Å². The number of halogens is 1. The maximum absolute atomic E-state index is 15.2. The quantitative estimate of drug-likeness (QED) is 0.172. The SMILES string of the molecule is CCCCCCCc1ccc(-c2ccc3c(F)c(C#Cc4ccc(CCC)cc4)ccc3c2)cc1. The summed E-state index contributed by atoms with van der Waals surface area (Å²) in [5, 5.41) is 1.51. The molecule has 0 atom stereocenters. The first-order valence-corrected chi connectivity index (χ1v) is 13.1. The maximum Gasteiger partial charge on any atom is 0.146 e. The molecule has 0 N–H and O–H groups in total. The molecule has 0 aromatic heterocycles. The van der Waals surface area contributed by atoms with Crippen LogP contribution in [0.1, 0.15) is 74.6 Å². The van der Waals surface area contributed by atoms with Crippen LogP contribution >= 0.6 is 0 Å². The highest BCUT2D eigenvalue weighted by Gasteiger charge is 2.08. The van der Waals surface area contributed by atoms with Gasteiger partial charge in [-0.3, -0.25) is 0 Å². The molecular weight excluding hydrogens is 427 g/mol. The molecule has 178 valence electrons. The number of fused-ring (bicyclic) bond motifs is 1. The summed E-state index contributed by atoms with van der Waals surface area (Å²) in [5.41, 5.74) is 6.31. The molecule has 0 nitrogen and oxygen atoms in total. The van der Waals surface area contributed by atoms with Gasteiger partial charge in [-0.2, -0.15) is 0 Å². The molecule has 0 amide bonds. The van der Waals surface area contributed by atoms with Gasteiger partial charge in [-0.15, -0.1) is 0 Å². The van der Waals surface area contributed by atoms with Crippen molar-refractivity contribution in [3.8, 4) is 23.0 Å². The first-order valence-electron chi connectivity index (χ1n) is 13.1. The van der Waals surface area contributed by atoms with Crippen molar-refractivity contribution in [2.75, 3.05) is 0 Å². The molecule has 0 aliphatic carbocycles. The lowest BCUT2D eigenvalue weighted by molar-refractivity contribution is 0.632. The Morgan fingerprint density at radius 1 is 0.600 bits per heavy atom. The van der Waals surface area contributed by atoms with E-state index in [2.05, 4.69) is 68.2 Å². The first-order chi connectivity index (χ1) is 17.2. The van der Waals surface area contributed by atoms with E-state index in [1.165, 1.54) is 43.2 Å². The predicted octanol–water partition coefficient (Wildman–Crippen LogP) is 9.51. The van der Waals surface area contributed by atoms with Crippen molar-refractivity contribution >= 4 is 10.8 Å². The van der Waals surface area contributed by atoms with E-state index in [0.29, 0.717) is 10.9 Å². The third-order valence-corrected chi connectivity index (χ3v) is 6.64. The standard InChI is InChI=1S/C34H35F/c1-3-5-6-7-8-10-27-15-18-29(19-16-27)31-23-24-33-32(25-31)22-21-30(34(33)35)20-17-28-13-11-26(9-4-2)12-14-28/h11-16,18-19,21-25H,3-10H2,1-2H3. The van der Waals surface area contributed by atoms with Crippen LogP contribution in [0.4, 0.5) is 4.39 Å². The Bertz CT molecular complexity index is 1300. The highest BCUT2D eigenvalue weighted by atomic mass is 19.1. The molecule has 0 radical (unpaired) electrons. The maximum atomic E-state index is 15.2. The monoisotopic (exact) mass is 462 g/mol. The third kappa shape index (κ3) is 6.61. The van der Waals surface area contributed by atoms with Crippen molar-refractivity contribution in [2.24, 2.45) is 0 Å². The number of hydrogen-bond donors (Lipinski definition) is 0. The Morgan fingerprint density at radius 2 is 1.29 bits per heavy atom. The minimum Gasteiger partial charge on any atom is -0.205 e. The molecule has 0 bridgehead atoms. The summed E-state index contributed by atoms with van der Waals surface area (Å²) in [7, 11) is 0. The van der Waals surface area contributed by atoms with Crippen LogP contribution in [-0.2, 0) is 12.8 Å². The van der Waals surface area contributed by atoms with Crippen LogP contribution in [0.25, 0.3) is 21.9 Å². The van der Waals surface area contributed by atoms with Crippen molar-refractivity contribution in [3.63, 3.8) is 0 Å². The fourth-order valence-corrected chi connectivity index (χ4v) is 4.55. The summed E-state index contributed by atoms with van der Waals surface area (Å²) < 4.78 is 15.2. The Labute approximate surface area is 210 Å². The van der Waals surface area contributed by atoms with E-state index in [0.717, 1.165) is 41.3 Å². The van der Waals surface area contributed by atoms with Crippen LogP contribution in [0.2, 0.25) is 0 Å². The molecule has 35 heavy (non-hydrogen) atoms. The highest BCUT2D eigenvalue weighted by molar-refractivity contribution is 5.89.